The van der Waals surface area contributed by atoms with E-state index in [4.69, 9.17) is 53.8 Å². The van der Waals surface area contributed by atoms with Gasteiger partial charge in [-0.3, -0.25) is 20.1 Å². The summed E-state index contributed by atoms with van der Waals surface area (Å²) >= 11 is 18.4. The lowest BCUT2D eigenvalue weighted by molar-refractivity contribution is 0.197. The standard InChI is InChI=1S/C5H17Cl3N6O3P4/c1-4-16-21(15,17-5-2)14(3)19(8)11-18(6,7)12-20(9,10)13-19/h4-5,9-10H2,1-3H3. The molecule has 0 saturated heterocycles. The molecule has 9 nitrogen and oxygen atoms in total. The van der Waals surface area contributed by atoms with E-state index in [2.05, 4.69) is 13.5 Å². The molecule has 0 aliphatic carbocycles. The predicted molar refractivity (Wildman–Crippen MR) is 92.6 cm³/mol. The maximum atomic E-state index is 12.8. The number of halogens is 3. The SMILES string of the molecule is CCOP(=O)(OCC)N(C)P1(Cl)=NP(N)(N)=NP(Cl)(Cl)=N1. The quantitative estimate of drug-likeness (QED) is 0.520. The van der Waals surface area contributed by atoms with Crippen LogP contribution < -0.4 is 11.0 Å². The second-order valence-electron chi connectivity index (χ2n) is 3.71. The summed E-state index contributed by atoms with van der Waals surface area (Å²) in [6, 6.07) is 0. The predicted octanol–water partition coefficient (Wildman–Crippen LogP) is 5.59. The van der Waals surface area contributed by atoms with Crippen LogP contribution in [0, 0.1) is 0 Å². The fraction of sp³-hybridized carbons (Fsp3) is 1.00. The van der Waals surface area contributed by atoms with Gasteiger partial charge in [-0.15, -0.1) is 4.44 Å². The fourth-order valence-electron chi connectivity index (χ4n) is 1.33. The van der Waals surface area contributed by atoms with Crippen LogP contribution in [0.25, 0.3) is 0 Å². The minimum Gasteiger partial charge on any atom is -0.297 e. The van der Waals surface area contributed by atoms with Gasteiger partial charge >= 0.3 is 7.75 Å². The van der Waals surface area contributed by atoms with E-state index < -0.39 is 27.9 Å². The second-order valence-corrected chi connectivity index (χ2v) is 16.8. The van der Waals surface area contributed by atoms with Crippen molar-refractivity contribution in [3.63, 3.8) is 0 Å². The third-order valence-corrected chi connectivity index (χ3v) is 16.5. The first-order chi connectivity index (χ1) is 9.40. The van der Waals surface area contributed by atoms with E-state index in [1.54, 1.807) is 13.8 Å². The molecule has 1 atom stereocenters. The highest BCUT2D eigenvalue weighted by Gasteiger charge is 2.44. The highest BCUT2D eigenvalue weighted by molar-refractivity contribution is 8.15. The van der Waals surface area contributed by atoms with Gasteiger partial charge in [-0.25, -0.2) is 4.57 Å². The molecule has 0 bridgehead atoms. The Bertz CT molecular complexity index is 595. The van der Waals surface area contributed by atoms with Gasteiger partial charge in [0.25, 0.3) is 5.91 Å². The van der Waals surface area contributed by atoms with Crippen molar-refractivity contribution in [2.45, 2.75) is 13.8 Å². The molecule has 0 aromatic rings. The van der Waals surface area contributed by atoms with Gasteiger partial charge in [0.15, 0.2) is 0 Å². The van der Waals surface area contributed by atoms with E-state index in [1.807, 2.05) is 0 Å². The minimum absolute atomic E-state index is 0.135. The van der Waals surface area contributed by atoms with Crippen molar-refractivity contribution in [1.82, 2.24) is 4.44 Å². The van der Waals surface area contributed by atoms with Gasteiger partial charge in [-0.1, -0.05) is 0 Å². The lowest BCUT2D eigenvalue weighted by atomic mass is 10.9. The van der Waals surface area contributed by atoms with Gasteiger partial charge in [-0.2, -0.15) is 13.5 Å². The molecular formula is C5H17Cl3N6O3P4. The number of rotatable bonds is 6. The molecule has 1 aliphatic heterocycles. The number of hydrogen-bond acceptors (Lipinski definition) is 8. The third kappa shape index (κ3) is 5.29. The van der Waals surface area contributed by atoms with E-state index in [-0.39, 0.29) is 13.2 Å². The second kappa shape index (κ2) is 7.23. The van der Waals surface area contributed by atoms with Crippen molar-refractivity contribution in [3.8, 4) is 0 Å². The molecule has 1 unspecified atom stereocenters. The summed E-state index contributed by atoms with van der Waals surface area (Å²) in [6.45, 7) is 0.245. The monoisotopic (exact) mass is 438 g/mol. The van der Waals surface area contributed by atoms with Crippen molar-refractivity contribution >= 4 is 61.6 Å². The molecule has 0 aromatic carbocycles. The maximum absolute atomic E-state index is 12.8. The Morgan fingerprint density at radius 3 is 1.95 bits per heavy atom. The largest absolute Gasteiger partial charge is 0.414 e. The molecule has 0 aromatic heterocycles. The molecule has 0 amide bonds. The Morgan fingerprint density at radius 2 is 1.57 bits per heavy atom. The third-order valence-electron chi connectivity index (χ3n) is 2.04. The molecule has 1 rings (SSSR count). The van der Waals surface area contributed by atoms with E-state index in [0.29, 0.717) is 0 Å². The molecule has 0 radical (unpaired) electrons. The van der Waals surface area contributed by atoms with Crippen LogP contribution in [0.3, 0.4) is 0 Å². The zero-order chi connectivity index (χ0) is 16.5. The van der Waals surface area contributed by atoms with Crippen LogP contribution >= 0.6 is 61.6 Å². The van der Waals surface area contributed by atoms with E-state index in [1.165, 1.54) is 7.05 Å². The van der Waals surface area contributed by atoms with Crippen molar-refractivity contribution in [2.75, 3.05) is 20.3 Å². The van der Waals surface area contributed by atoms with Crippen LogP contribution in [0.4, 0.5) is 0 Å². The molecule has 0 saturated carbocycles. The molecule has 4 N–H and O–H groups in total. The first-order valence-corrected chi connectivity index (χ1v) is 15.0. The Labute approximate surface area is 138 Å². The summed E-state index contributed by atoms with van der Waals surface area (Å²) in [5, 5.41) is 0. The Morgan fingerprint density at radius 1 is 1.10 bits per heavy atom. The summed E-state index contributed by atoms with van der Waals surface area (Å²) in [5.74, 6) is -3.20. The number of nitrogens with zero attached hydrogens (tertiary/aromatic N) is 4. The van der Waals surface area contributed by atoms with Crippen molar-refractivity contribution in [1.29, 1.82) is 0 Å². The van der Waals surface area contributed by atoms with Gasteiger partial charge in [0.1, 0.15) is 0 Å². The molecule has 1 heterocycles. The first-order valence-electron chi connectivity index (χ1n) is 5.61. The minimum atomic E-state index is -3.73. The Balaban J connectivity index is 3.44. The number of hydrogen-bond donors (Lipinski definition) is 2. The smallest absolute Gasteiger partial charge is 0.297 e. The highest BCUT2D eigenvalue weighted by Crippen LogP contribution is 2.84. The van der Waals surface area contributed by atoms with Crippen molar-refractivity contribution < 1.29 is 13.6 Å². The normalized spacial score (nSPS) is 27.7. The van der Waals surface area contributed by atoms with Crippen LogP contribution in [-0.2, 0) is 13.6 Å². The first kappa shape index (κ1) is 20.6. The van der Waals surface area contributed by atoms with Crippen molar-refractivity contribution in [3.05, 3.63) is 0 Å². The molecule has 16 heteroatoms. The zero-order valence-electron chi connectivity index (χ0n) is 11.5. The Hall–Kier alpha value is 1.59. The topological polar surface area (TPSA) is 128 Å². The summed E-state index contributed by atoms with van der Waals surface area (Å²) in [6.07, 6.45) is 0. The summed E-state index contributed by atoms with van der Waals surface area (Å²) in [5.41, 5.74) is 11.5. The lowest BCUT2D eigenvalue weighted by Gasteiger charge is -2.33. The maximum Gasteiger partial charge on any atom is 0.414 e. The molecule has 1 aliphatic rings. The molecule has 21 heavy (non-hydrogen) atoms. The molecule has 0 spiro atoms. The summed E-state index contributed by atoms with van der Waals surface area (Å²) in [4.78, 5) is 0. The average Bonchev–Trinajstić information content (AvgIpc) is 2.23. The van der Waals surface area contributed by atoms with Gasteiger partial charge in [-0.05, 0) is 47.6 Å². The van der Waals surface area contributed by atoms with Crippen molar-refractivity contribution in [2.24, 2.45) is 24.6 Å². The van der Waals surface area contributed by atoms with Crippen LogP contribution in [0.1, 0.15) is 13.8 Å². The van der Waals surface area contributed by atoms with Gasteiger partial charge < -0.3 is 0 Å². The van der Waals surface area contributed by atoms with E-state index in [9.17, 15) is 4.57 Å². The molecular weight excluding hydrogens is 422 g/mol. The van der Waals surface area contributed by atoms with Crippen LogP contribution in [0.15, 0.2) is 13.5 Å². The van der Waals surface area contributed by atoms with Gasteiger partial charge in [0.05, 0.1) is 13.2 Å². The highest BCUT2D eigenvalue weighted by atomic mass is 35.9. The Kier molecular flexibility index (Phi) is 7.10. The van der Waals surface area contributed by atoms with Gasteiger partial charge in [0.2, 0.25) is 14.2 Å². The van der Waals surface area contributed by atoms with Crippen LogP contribution in [0.5, 0.6) is 0 Å². The fourth-order valence-corrected chi connectivity index (χ4v) is 17.6. The van der Waals surface area contributed by atoms with Crippen LogP contribution in [0.2, 0.25) is 0 Å². The lowest BCUT2D eigenvalue weighted by Crippen LogP contribution is -2.15. The summed E-state index contributed by atoms with van der Waals surface area (Å²) in [7, 11) is -5.50. The number of nitrogens with two attached hydrogens (primary N) is 2. The van der Waals surface area contributed by atoms with Gasteiger partial charge in [0, 0.05) is 7.05 Å². The summed E-state index contributed by atoms with van der Waals surface area (Å²) < 4.78 is 36.1. The van der Waals surface area contributed by atoms with Crippen LogP contribution in [-0.4, -0.2) is 24.7 Å². The zero-order valence-corrected chi connectivity index (χ0v) is 17.4. The van der Waals surface area contributed by atoms with E-state index >= 15 is 0 Å². The molecule has 0 fully saturated rings. The molecule has 126 valence electrons. The average molecular weight is 439 g/mol. The van der Waals surface area contributed by atoms with E-state index in [0.717, 1.165) is 4.44 Å².